The van der Waals surface area contributed by atoms with Crippen molar-refractivity contribution in [3.8, 4) is 0 Å². The smallest absolute Gasteiger partial charge is 0.118 e. The van der Waals surface area contributed by atoms with Crippen molar-refractivity contribution in [1.29, 1.82) is 0 Å². The fourth-order valence-corrected chi connectivity index (χ4v) is 1.94. The predicted octanol–water partition coefficient (Wildman–Crippen LogP) is 2.78. The Balaban J connectivity index is 2.53. The van der Waals surface area contributed by atoms with Gasteiger partial charge in [0.05, 0.1) is 6.61 Å². The molecule has 0 amide bonds. The monoisotopic (exact) mass is 199 g/mol. The molecule has 1 heterocycles. The summed E-state index contributed by atoms with van der Waals surface area (Å²) in [5.41, 5.74) is 0.308. The van der Waals surface area contributed by atoms with E-state index in [4.69, 9.17) is 4.74 Å². The summed E-state index contributed by atoms with van der Waals surface area (Å²) in [6.07, 6.45) is 2.11. The third-order valence-electron chi connectivity index (χ3n) is 3.60. The van der Waals surface area contributed by atoms with Gasteiger partial charge in [-0.1, -0.05) is 34.6 Å². The first-order chi connectivity index (χ1) is 6.43. The van der Waals surface area contributed by atoms with Crippen LogP contribution < -0.4 is 5.32 Å². The number of hydrogen-bond donors (Lipinski definition) is 1. The summed E-state index contributed by atoms with van der Waals surface area (Å²) in [6.45, 7) is 13.2. The molecule has 0 saturated carbocycles. The van der Waals surface area contributed by atoms with Crippen LogP contribution in [0.4, 0.5) is 0 Å². The van der Waals surface area contributed by atoms with Gasteiger partial charge in [-0.25, -0.2) is 0 Å². The maximum Gasteiger partial charge on any atom is 0.118 e. The lowest BCUT2D eigenvalue weighted by Gasteiger charge is -2.44. The summed E-state index contributed by atoms with van der Waals surface area (Å²) in [5, 5.41) is 3.57. The minimum atomic E-state index is -0.0399. The second kappa shape index (κ2) is 4.19. The molecule has 1 fully saturated rings. The maximum absolute atomic E-state index is 5.99. The minimum Gasteiger partial charge on any atom is -0.360 e. The van der Waals surface area contributed by atoms with E-state index in [0.717, 1.165) is 26.0 Å². The summed E-state index contributed by atoms with van der Waals surface area (Å²) in [7, 11) is 0. The zero-order valence-corrected chi connectivity index (χ0v) is 10.3. The molecule has 0 aromatic rings. The number of nitrogens with one attached hydrogen (secondary N) is 1. The number of rotatable bonds is 2. The van der Waals surface area contributed by atoms with E-state index < -0.39 is 0 Å². The Kier molecular flexibility index (Phi) is 3.59. The first-order valence-electron chi connectivity index (χ1n) is 5.82. The van der Waals surface area contributed by atoms with Gasteiger partial charge < -0.3 is 4.74 Å². The van der Waals surface area contributed by atoms with Crippen LogP contribution in [-0.2, 0) is 4.74 Å². The average molecular weight is 199 g/mol. The van der Waals surface area contributed by atoms with Gasteiger partial charge in [0.15, 0.2) is 0 Å². The Bertz CT molecular complexity index is 169. The molecule has 0 radical (unpaired) electrons. The lowest BCUT2D eigenvalue weighted by molar-refractivity contribution is -0.135. The number of hydrogen-bond acceptors (Lipinski definition) is 2. The van der Waals surface area contributed by atoms with Gasteiger partial charge in [0, 0.05) is 6.54 Å². The van der Waals surface area contributed by atoms with Crippen molar-refractivity contribution in [2.45, 2.75) is 53.2 Å². The highest BCUT2D eigenvalue weighted by Crippen LogP contribution is 2.31. The Morgan fingerprint density at radius 3 is 2.14 bits per heavy atom. The molecule has 14 heavy (non-hydrogen) atoms. The number of ether oxygens (including phenoxy) is 1. The van der Waals surface area contributed by atoms with Crippen molar-refractivity contribution in [2.75, 3.05) is 13.2 Å². The van der Waals surface area contributed by atoms with E-state index in [1.807, 2.05) is 0 Å². The average Bonchev–Trinajstić information content (AvgIpc) is 2.16. The third kappa shape index (κ3) is 2.48. The Morgan fingerprint density at radius 1 is 1.29 bits per heavy atom. The van der Waals surface area contributed by atoms with Crippen LogP contribution in [0.2, 0.25) is 0 Å². The van der Waals surface area contributed by atoms with Crippen LogP contribution in [0.25, 0.3) is 0 Å². The zero-order chi connectivity index (χ0) is 10.8. The Labute approximate surface area is 88.4 Å². The fraction of sp³-hybridized carbons (Fsp3) is 1.00. The summed E-state index contributed by atoms with van der Waals surface area (Å²) in [6, 6.07) is 0. The van der Waals surface area contributed by atoms with E-state index >= 15 is 0 Å². The van der Waals surface area contributed by atoms with Crippen molar-refractivity contribution in [1.82, 2.24) is 5.32 Å². The van der Waals surface area contributed by atoms with Crippen molar-refractivity contribution in [3.05, 3.63) is 0 Å². The first-order valence-corrected chi connectivity index (χ1v) is 5.82. The molecule has 0 spiro atoms. The van der Waals surface area contributed by atoms with Crippen LogP contribution in [0.5, 0.6) is 0 Å². The summed E-state index contributed by atoms with van der Waals surface area (Å²) in [5.74, 6) is 0.633. The van der Waals surface area contributed by atoms with Crippen LogP contribution in [-0.4, -0.2) is 18.9 Å². The lowest BCUT2D eigenvalue weighted by atomic mass is 9.80. The molecular weight excluding hydrogens is 174 g/mol. The topological polar surface area (TPSA) is 21.3 Å². The van der Waals surface area contributed by atoms with Crippen LogP contribution in [0.15, 0.2) is 0 Å². The highest BCUT2D eigenvalue weighted by atomic mass is 16.5. The normalized spacial score (nSPS) is 27.6. The molecule has 1 atom stereocenters. The van der Waals surface area contributed by atoms with E-state index in [9.17, 15) is 0 Å². The van der Waals surface area contributed by atoms with Gasteiger partial charge >= 0.3 is 0 Å². The molecule has 1 aliphatic rings. The van der Waals surface area contributed by atoms with Gasteiger partial charge in [0.2, 0.25) is 0 Å². The molecule has 84 valence electrons. The second-order valence-electron chi connectivity index (χ2n) is 5.46. The molecule has 1 unspecified atom stereocenters. The SMILES string of the molecule is CCC1(CC)NCC(C(C)(C)C)CO1. The van der Waals surface area contributed by atoms with Gasteiger partial charge in [-0.2, -0.15) is 0 Å². The van der Waals surface area contributed by atoms with Crippen LogP contribution in [0.1, 0.15) is 47.5 Å². The predicted molar refractivity (Wildman–Crippen MR) is 60.2 cm³/mol. The maximum atomic E-state index is 5.99. The molecule has 1 aliphatic heterocycles. The second-order valence-corrected chi connectivity index (χ2v) is 5.46. The first kappa shape index (κ1) is 12.0. The molecule has 1 saturated heterocycles. The van der Waals surface area contributed by atoms with Crippen molar-refractivity contribution >= 4 is 0 Å². The Morgan fingerprint density at radius 2 is 1.86 bits per heavy atom. The fourth-order valence-electron chi connectivity index (χ4n) is 1.94. The van der Waals surface area contributed by atoms with Gasteiger partial charge in [0.25, 0.3) is 0 Å². The summed E-state index contributed by atoms with van der Waals surface area (Å²) in [4.78, 5) is 0. The third-order valence-corrected chi connectivity index (χ3v) is 3.60. The molecule has 1 N–H and O–H groups in total. The van der Waals surface area contributed by atoms with E-state index in [-0.39, 0.29) is 5.72 Å². The van der Waals surface area contributed by atoms with Crippen molar-refractivity contribution in [3.63, 3.8) is 0 Å². The molecule has 0 aromatic heterocycles. The highest BCUT2D eigenvalue weighted by Gasteiger charge is 2.36. The standard InChI is InChI=1S/C12H25NO/c1-6-12(7-2)13-8-10(9-14-12)11(3,4)5/h10,13H,6-9H2,1-5H3. The molecule has 2 nitrogen and oxygen atoms in total. The van der Waals surface area contributed by atoms with E-state index in [1.165, 1.54) is 0 Å². The largest absolute Gasteiger partial charge is 0.360 e. The lowest BCUT2D eigenvalue weighted by Crippen LogP contribution is -2.56. The Hall–Kier alpha value is -0.0800. The molecule has 0 aromatic carbocycles. The van der Waals surface area contributed by atoms with E-state index in [2.05, 4.69) is 39.9 Å². The quantitative estimate of drug-likeness (QED) is 0.738. The molecular formula is C12H25NO. The van der Waals surface area contributed by atoms with Crippen LogP contribution >= 0.6 is 0 Å². The molecule has 2 heteroatoms. The van der Waals surface area contributed by atoms with E-state index in [1.54, 1.807) is 0 Å². The van der Waals surface area contributed by atoms with E-state index in [0.29, 0.717) is 11.3 Å². The zero-order valence-electron chi connectivity index (χ0n) is 10.3. The van der Waals surface area contributed by atoms with Gasteiger partial charge in [-0.3, -0.25) is 5.32 Å². The summed E-state index contributed by atoms with van der Waals surface area (Å²) >= 11 is 0. The molecule has 0 aliphatic carbocycles. The van der Waals surface area contributed by atoms with Crippen LogP contribution in [0, 0.1) is 11.3 Å². The summed E-state index contributed by atoms with van der Waals surface area (Å²) < 4.78 is 5.99. The van der Waals surface area contributed by atoms with Crippen molar-refractivity contribution < 1.29 is 4.74 Å². The van der Waals surface area contributed by atoms with Gasteiger partial charge in [-0.05, 0) is 24.2 Å². The van der Waals surface area contributed by atoms with Gasteiger partial charge in [0.1, 0.15) is 5.72 Å². The molecule has 0 bridgehead atoms. The minimum absolute atomic E-state index is 0.0399. The van der Waals surface area contributed by atoms with Crippen LogP contribution in [0.3, 0.4) is 0 Å². The molecule has 1 rings (SSSR count). The highest BCUT2D eigenvalue weighted by molar-refractivity contribution is 4.86. The van der Waals surface area contributed by atoms with Crippen molar-refractivity contribution in [2.24, 2.45) is 11.3 Å². The van der Waals surface area contributed by atoms with Gasteiger partial charge in [-0.15, -0.1) is 0 Å².